The minimum atomic E-state index is -2.46. The minimum absolute atomic E-state index is 0.0219. The molecule has 7 heteroatoms. The summed E-state index contributed by atoms with van der Waals surface area (Å²) in [5.74, 6) is -0.203. The van der Waals surface area contributed by atoms with E-state index in [1.165, 1.54) is 0 Å². The Labute approximate surface area is 115 Å². The summed E-state index contributed by atoms with van der Waals surface area (Å²) in [6, 6.07) is 0. The van der Waals surface area contributed by atoms with Gasteiger partial charge in [-0.05, 0) is 33.6 Å². The first-order valence-electron chi connectivity index (χ1n) is 6.40. The number of thiol groups is 1. The molecule has 0 atom stereocenters. The zero-order chi connectivity index (χ0) is 14.3. The molecule has 110 valence electrons. The van der Waals surface area contributed by atoms with Crippen LogP contribution in [0.15, 0.2) is 0 Å². The number of ether oxygens (including phenoxy) is 2. The molecule has 0 aromatic carbocycles. The number of nitrogens with zero attached hydrogens (tertiary/aromatic N) is 1. The van der Waals surface area contributed by atoms with Crippen LogP contribution in [0.25, 0.3) is 0 Å². The number of carbonyl (C=O) groups excluding carboxylic acids is 1. The first-order chi connectivity index (χ1) is 8.69. The molecule has 1 saturated heterocycles. The van der Waals surface area contributed by atoms with E-state index in [4.69, 9.17) is 9.47 Å². The van der Waals surface area contributed by atoms with Gasteiger partial charge in [0.2, 0.25) is 0 Å². The summed E-state index contributed by atoms with van der Waals surface area (Å²) >= 11 is 0. The zero-order valence-electron chi connectivity index (χ0n) is 11.5. The van der Waals surface area contributed by atoms with Crippen molar-refractivity contribution >= 4 is 16.8 Å². The van der Waals surface area contributed by atoms with Crippen LogP contribution in [-0.4, -0.2) is 50.1 Å². The SMILES string of the molecule is CC(C)(C)OC(=O)N1CC2(CC(OC[SH](=O)=O)C2)C1. The van der Waals surface area contributed by atoms with Gasteiger partial charge in [0, 0.05) is 18.5 Å². The van der Waals surface area contributed by atoms with Gasteiger partial charge in [-0.25, -0.2) is 13.2 Å². The third-order valence-corrected chi connectivity index (χ3v) is 3.80. The monoisotopic (exact) mass is 291 g/mol. The Kier molecular flexibility index (Phi) is 3.79. The second-order valence-corrected chi connectivity index (χ2v) is 7.42. The highest BCUT2D eigenvalue weighted by Gasteiger charge is 2.54. The van der Waals surface area contributed by atoms with Crippen LogP contribution < -0.4 is 0 Å². The Morgan fingerprint density at radius 3 is 2.37 bits per heavy atom. The molecule has 1 aliphatic carbocycles. The van der Waals surface area contributed by atoms with Crippen LogP contribution in [0.4, 0.5) is 4.79 Å². The van der Waals surface area contributed by atoms with Gasteiger partial charge in [0.05, 0.1) is 6.10 Å². The standard InChI is InChI=1S/C12H21NO5S/c1-11(2,3)18-10(14)13-6-12(7-13)4-9(5-12)17-8-19(15)16/h9,19H,4-8H2,1-3H3. The fourth-order valence-electron chi connectivity index (χ4n) is 2.67. The Bertz CT molecular complexity index is 418. The van der Waals surface area contributed by atoms with Crippen LogP contribution in [0.3, 0.4) is 0 Å². The second kappa shape index (κ2) is 4.94. The first kappa shape index (κ1) is 14.6. The van der Waals surface area contributed by atoms with Gasteiger partial charge < -0.3 is 14.4 Å². The van der Waals surface area contributed by atoms with E-state index < -0.39 is 16.3 Å². The molecule has 0 radical (unpaired) electrons. The molecule has 1 amide bonds. The Morgan fingerprint density at radius 1 is 1.32 bits per heavy atom. The van der Waals surface area contributed by atoms with Crippen molar-refractivity contribution in [3.63, 3.8) is 0 Å². The highest BCUT2D eigenvalue weighted by Crippen LogP contribution is 2.49. The summed E-state index contributed by atoms with van der Waals surface area (Å²) in [4.78, 5) is 13.4. The summed E-state index contributed by atoms with van der Waals surface area (Å²) in [5, 5.41) is 0. The van der Waals surface area contributed by atoms with Crippen molar-refractivity contribution in [2.75, 3.05) is 19.0 Å². The maximum atomic E-state index is 11.8. The van der Waals surface area contributed by atoms with E-state index in [0.29, 0.717) is 13.1 Å². The van der Waals surface area contributed by atoms with E-state index in [1.54, 1.807) is 4.90 Å². The highest BCUT2D eigenvalue weighted by atomic mass is 32.2. The van der Waals surface area contributed by atoms with Crippen molar-refractivity contribution < 1.29 is 22.7 Å². The van der Waals surface area contributed by atoms with Crippen molar-refractivity contribution in [2.45, 2.75) is 45.3 Å². The van der Waals surface area contributed by atoms with Crippen molar-refractivity contribution in [1.82, 2.24) is 4.90 Å². The maximum absolute atomic E-state index is 11.8. The van der Waals surface area contributed by atoms with E-state index in [1.807, 2.05) is 20.8 Å². The third kappa shape index (κ3) is 3.60. The summed E-state index contributed by atoms with van der Waals surface area (Å²) in [7, 11) is -2.46. The molecular formula is C12H21NO5S. The number of rotatable bonds is 3. The molecule has 0 N–H and O–H groups in total. The van der Waals surface area contributed by atoms with E-state index >= 15 is 0 Å². The average molecular weight is 291 g/mol. The molecule has 0 aromatic rings. The molecule has 19 heavy (non-hydrogen) atoms. The molecular weight excluding hydrogens is 270 g/mol. The quantitative estimate of drug-likeness (QED) is 0.784. The van der Waals surface area contributed by atoms with Crippen LogP contribution in [0.5, 0.6) is 0 Å². The average Bonchev–Trinajstić information content (AvgIpc) is 2.08. The fourth-order valence-corrected chi connectivity index (χ4v) is 3.00. The minimum Gasteiger partial charge on any atom is -0.444 e. The molecule has 2 rings (SSSR count). The predicted octanol–water partition coefficient (Wildman–Crippen LogP) is 0.971. The summed E-state index contributed by atoms with van der Waals surface area (Å²) in [5.41, 5.74) is -0.333. The lowest BCUT2D eigenvalue weighted by atomic mass is 9.62. The molecule has 0 unspecified atom stereocenters. The van der Waals surface area contributed by atoms with Crippen LogP contribution >= 0.6 is 0 Å². The van der Waals surface area contributed by atoms with Gasteiger partial charge in [0.1, 0.15) is 11.5 Å². The topological polar surface area (TPSA) is 72.9 Å². The number of hydrogen-bond donors (Lipinski definition) is 1. The van der Waals surface area contributed by atoms with Crippen molar-refractivity contribution in [1.29, 1.82) is 0 Å². The lowest BCUT2D eigenvalue weighted by Gasteiger charge is -2.58. The van der Waals surface area contributed by atoms with Gasteiger partial charge in [0.15, 0.2) is 10.7 Å². The van der Waals surface area contributed by atoms with Crippen LogP contribution in [-0.2, 0) is 20.2 Å². The number of hydrogen-bond acceptors (Lipinski definition) is 5. The number of amides is 1. The van der Waals surface area contributed by atoms with Gasteiger partial charge in [-0.3, -0.25) is 0 Å². The van der Waals surface area contributed by atoms with Gasteiger partial charge in [-0.2, -0.15) is 0 Å². The van der Waals surface area contributed by atoms with E-state index in [2.05, 4.69) is 0 Å². The predicted molar refractivity (Wildman–Crippen MR) is 69.5 cm³/mol. The van der Waals surface area contributed by atoms with Crippen molar-refractivity contribution in [3.8, 4) is 0 Å². The molecule has 0 bridgehead atoms. The number of carbonyl (C=O) groups is 1. The lowest BCUT2D eigenvalue weighted by Crippen LogP contribution is -2.65. The molecule has 2 aliphatic rings. The molecule has 1 aliphatic heterocycles. The zero-order valence-corrected chi connectivity index (χ0v) is 12.4. The Morgan fingerprint density at radius 2 is 1.89 bits per heavy atom. The molecule has 1 saturated carbocycles. The van der Waals surface area contributed by atoms with E-state index in [-0.39, 0.29) is 23.6 Å². The van der Waals surface area contributed by atoms with Gasteiger partial charge >= 0.3 is 6.09 Å². The largest absolute Gasteiger partial charge is 0.444 e. The first-order valence-corrected chi connectivity index (χ1v) is 7.77. The highest BCUT2D eigenvalue weighted by molar-refractivity contribution is 7.72. The molecule has 2 fully saturated rings. The van der Waals surface area contributed by atoms with Crippen LogP contribution in [0.2, 0.25) is 0 Å². The molecule has 1 spiro atoms. The smallest absolute Gasteiger partial charge is 0.410 e. The van der Waals surface area contributed by atoms with Gasteiger partial charge in [0.25, 0.3) is 0 Å². The van der Waals surface area contributed by atoms with Gasteiger partial charge in [-0.1, -0.05) is 0 Å². The summed E-state index contributed by atoms with van der Waals surface area (Å²) in [6.07, 6.45) is 1.41. The fraction of sp³-hybridized carbons (Fsp3) is 0.917. The van der Waals surface area contributed by atoms with Crippen LogP contribution in [0, 0.1) is 5.41 Å². The van der Waals surface area contributed by atoms with E-state index in [0.717, 1.165) is 12.8 Å². The molecule has 6 nitrogen and oxygen atoms in total. The normalized spacial score (nSPS) is 22.2. The summed E-state index contributed by atoms with van der Waals surface area (Å²) < 4.78 is 31.3. The van der Waals surface area contributed by atoms with Crippen molar-refractivity contribution in [2.24, 2.45) is 5.41 Å². The Balaban J connectivity index is 1.69. The number of likely N-dealkylation sites (tertiary alicyclic amines) is 1. The van der Waals surface area contributed by atoms with E-state index in [9.17, 15) is 13.2 Å². The molecule has 1 heterocycles. The third-order valence-electron chi connectivity index (χ3n) is 3.44. The van der Waals surface area contributed by atoms with Crippen molar-refractivity contribution in [3.05, 3.63) is 0 Å². The maximum Gasteiger partial charge on any atom is 0.410 e. The van der Waals surface area contributed by atoms with Crippen LogP contribution in [0.1, 0.15) is 33.6 Å². The summed E-state index contributed by atoms with van der Waals surface area (Å²) in [6.45, 7) is 6.91. The second-order valence-electron chi connectivity index (χ2n) is 6.50. The molecule has 0 aromatic heterocycles. The van der Waals surface area contributed by atoms with Gasteiger partial charge in [-0.15, -0.1) is 0 Å². The lowest BCUT2D eigenvalue weighted by molar-refractivity contribution is -0.139. The Hall–Kier alpha value is -0.820.